The summed E-state index contributed by atoms with van der Waals surface area (Å²) in [6, 6.07) is 7.61. The lowest BCUT2D eigenvalue weighted by Gasteiger charge is -2.15. The number of benzene rings is 1. The second-order valence-corrected chi connectivity index (χ2v) is 4.85. The van der Waals surface area contributed by atoms with Gasteiger partial charge in [-0.15, -0.1) is 0 Å². The van der Waals surface area contributed by atoms with E-state index in [1.54, 1.807) is 0 Å². The van der Waals surface area contributed by atoms with E-state index in [0.717, 1.165) is 17.0 Å². The number of nitrogens with one attached hydrogen (secondary N) is 1. The number of rotatable bonds is 5. The van der Waals surface area contributed by atoms with Crippen LogP contribution in [0.5, 0.6) is 0 Å². The van der Waals surface area contributed by atoms with Gasteiger partial charge in [0.2, 0.25) is 5.91 Å². The fourth-order valence-electron chi connectivity index (χ4n) is 1.67. The van der Waals surface area contributed by atoms with Crippen LogP contribution in [0.3, 0.4) is 0 Å². The number of hydrogen-bond donors (Lipinski definition) is 2. The molecule has 0 aliphatic rings. The molecule has 0 radical (unpaired) electrons. The second kappa shape index (κ2) is 6.62. The Morgan fingerprint density at radius 3 is 2.65 bits per heavy atom. The van der Waals surface area contributed by atoms with Crippen LogP contribution in [-0.4, -0.2) is 18.0 Å². The van der Waals surface area contributed by atoms with Crippen LogP contribution in [0.2, 0.25) is 5.02 Å². The standard InChI is InChI=1S/C13H19ClN2O/c1-9(15)7-13(17)16-10(2)8-11-5-3-4-6-12(11)14/h3-6,9-10H,7-8,15H2,1-2H3,(H,16,17). The van der Waals surface area contributed by atoms with Gasteiger partial charge in [-0.2, -0.15) is 0 Å². The third kappa shape index (κ3) is 5.20. The SMILES string of the molecule is CC(N)CC(=O)NC(C)Cc1ccccc1Cl. The minimum Gasteiger partial charge on any atom is -0.353 e. The van der Waals surface area contributed by atoms with Crippen molar-refractivity contribution in [3.63, 3.8) is 0 Å². The van der Waals surface area contributed by atoms with Crippen molar-refractivity contribution in [2.24, 2.45) is 5.73 Å². The number of carbonyl (C=O) groups is 1. The first kappa shape index (κ1) is 14.0. The van der Waals surface area contributed by atoms with E-state index in [1.165, 1.54) is 0 Å². The molecule has 0 fully saturated rings. The molecule has 0 spiro atoms. The molecule has 0 aliphatic carbocycles. The van der Waals surface area contributed by atoms with Gasteiger partial charge >= 0.3 is 0 Å². The highest BCUT2D eigenvalue weighted by molar-refractivity contribution is 6.31. The van der Waals surface area contributed by atoms with Crippen LogP contribution in [0.15, 0.2) is 24.3 Å². The first-order chi connectivity index (χ1) is 7.99. The lowest BCUT2D eigenvalue weighted by molar-refractivity contribution is -0.121. The van der Waals surface area contributed by atoms with Gasteiger partial charge in [-0.05, 0) is 31.9 Å². The third-order valence-electron chi connectivity index (χ3n) is 2.40. The molecule has 1 aromatic rings. The zero-order chi connectivity index (χ0) is 12.8. The van der Waals surface area contributed by atoms with Gasteiger partial charge in [-0.1, -0.05) is 29.8 Å². The maximum Gasteiger partial charge on any atom is 0.221 e. The number of hydrogen-bond acceptors (Lipinski definition) is 2. The predicted octanol–water partition coefficient (Wildman–Crippen LogP) is 2.12. The van der Waals surface area contributed by atoms with Crippen LogP contribution >= 0.6 is 11.6 Å². The normalized spacial score (nSPS) is 14.1. The summed E-state index contributed by atoms with van der Waals surface area (Å²) in [5.74, 6) is -0.0143. The fourth-order valence-corrected chi connectivity index (χ4v) is 1.88. The summed E-state index contributed by atoms with van der Waals surface area (Å²) in [5.41, 5.74) is 6.61. The third-order valence-corrected chi connectivity index (χ3v) is 2.77. The first-order valence-electron chi connectivity index (χ1n) is 5.77. The van der Waals surface area contributed by atoms with Gasteiger partial charge in [-0.25, -0.2) is 0 Å². The van der Waals surface area contributed by atoms with E-state index in [1.807, 2.05) is 38.1 Å². The van der Waals surface area contributed by atoms with Crippen molar-refractivity contribution < 1.29 is 4.79 Å². The molecule has 1 amide bonds. The summed E-state index contributed by atoms with van der Waals surface area (Å²) in [7, 11) is 0. The van der Waals surface area contributed by atoms with Crippen molar-refractivity contribution in [1.29, 1.82) is 0 Å². The highest BCUT2D eigenvalue weighted by Crippen LogP contribution is 2.16. The molecule has 3 nitrogen and oxygen atoms in total. The Hall–Kier alpha value is -1.06. The van der Waals surface area contributed by atoms with Gasteiger partial charge in [0.1, 0.15) is 0 Å². The van der Waals surface area contributed by atoms with Crippen LogP contribution in [0.1, 0.15) is 25.8 Å². The first-order valence-corrected chi connectivity index (χ1v) is 6.15. The Morgan fingerprint density at radius 1 is 1.41 bits per heavy atom. The molecule has 0 aromatic heterocycles. The Kier molecular flexibility index (Phi) is 5.45. The van der Waals surface area contributed by atoms with Crippen molar-refractivity contribution in [2.45, 2.75) is 38.8 Å². The Bertz CT molecular complexity index is 379. The van der Waals surface area contributed by atoms with Crippen LogP contribution < -0.4 is 11.1 Å². The average Bonchev–Trinajstić information content (AvgIpc) is 2.19. The lowest BCUT2D eigenvalue weighted by atomic mass is 10.1. The summed E-state index contributed by atoms with van der Waals surface area (Å²) >= 11 is 6.06. The molecule has 4 heteroatoms. The number of carbonyl (C=O) groups excluding carboxylic acids is 1. The highest BCUT2D eigenvalue weighted by atomic mass is 35.5. The molecule has 0 heterocycles. The molecule has 0 bridgehead atoms. The van der Waals surface area contributed by atoms with Crippen LogP contribution in [0, 0.1) is 0 Å². The molecule has 0 saturated carbocycles. The average molecular weight is 255 g/mol. The van der Waals surface area contributed by atoms with E-state index in [2.05, 4.69) is 5.32 Å². The van der Waals surface area contributed by atoms with Crippen molar-refractivity contribution in [2.75, 3.05) is 0 Å². The molecule has 17 heavy (non-hydrogen) atoms. The minimum atomic E-state index is -0.109. The van der Waals surface area contributed by atoms with Crippen LogP contribution in [-0.2, 0) is 11.2 Å². The fraction of sp³-hybridized carbons (Fsp3) is 0.462. The summed E-state index contributed by atoms with van der Waals surface area (Å²) in [4.78, 5) is 11.5. The molecule has 1 rings (SSSR count). The zero-order valence-corrected chi connectivity index (χ0v) is 11.0. The van der Waals surface area contributed by atoms with E-state index in [4.69, 9.17) is 17.3 Å². The molecule has 94 valence electrons. The molecule has 2 atom stereocenters. The van der Waals surface area contributed by atoms with Gasteiger partial charge in [0.25, 0.3) is 0 Å². The van der Waals surface area contributed by atoms with Crippen LogP contribution in [0.25, 0.3) is 0 Å². The van der Waals surface area contributed by atoms with E-state index in [0.29, 0.717) is 6.42 Å². The Morgan fingerprint density at radius 2 is 2.06 bits per heavy atom. The van der Waals surface area contributed by atoms with E-state index in [9.17, 15) is 4.79 Å². The number of halogens is 1. The van der Waals surface area contributed by atoms with Crippen LogP contribution in [0.4, 0.5) is 0 Å². The zero-order valence-electron chi connectivity index (χ0n) is 10.2. The molecule has 2 unspecified atom stereocenters. The lowest BCUT2D eigenvalue weighted by Crippen LogP contribution is -2.37. The van der Waals surface area contributed by atoms with Gasteiger partial charge < -0.3 is 11.1 Å². The minimum absolute atomic E-state index is 0.0143. The maximum atomic E-state index is 11.5. The molecule has 1 aromatic carbocycles. The summed E-state index contributed by atoms with van der Waals surface area (Å²) in [6.45, 7) is 3.78. The van der Waals surface area contributed by atoms with Crippen molar-refractivity contribution in [1.82, 2.24) is 5.32 Å². The summed E-state index contributed by atoms with van der Waals surface area (Å²) in [5, 5.41) is 3.65. The highest BCUT2D eigenvalue weighted by Gasteiger charge is 2.10. The largest absolute Gasteiger partial charge is 0.353 e. The second-order valence-electron chi connectivity index (χ2n) is 4.45. The smallest absolute Gasteiger partial charge is 0.221 e. The molecule has 0 aliphatic heterocycles. The van der Waals surface area contributed by atoms with Gasteiger partial charge in [0, 0.05) is 23.5 Å². The van der Waals surface area contributed by atoms with E-state index >= 15 is 0 Å². The quantitative estimate of drug-likeness (QED) is 0.846. The summed E-state index contributed by atoms with van der Waals surface area (Å²) in [6.07, 6.45) is 1.08. The topological polar surface area (TPSA) is 55.1 Å². The van der Waals surface area contributed by atoms with Crippen molar-refractivity contribution >= 4 is 17.5 Å². The van der Waals surface area contributed by atoms with Crippen molar-refractivity contribution in [3.05, 3.63) is 34.9 Å². The predicted molar refractivity (Wildman–Crippen MR) is 71.0 cm³/mol. The Balaban J connectivity index is 2.47. The monoisotopic (exact) mass is 254 g/mol. The van der Waals surface area contributed by atoms with Gasteiger partial charge in [-0.3, -0.25) is 4.79 Å². The van der Waals surface area contributed by atoms with E-state index in [-0.39, 0.29) is 18.0 Å². The van der Waals surface area contributed by atoms with Crippen molar-refractivity contribution in [3.8, 4) is 0 Å². The Labute approximate surface area is 107 Å². The van der Waals surface area contributed by atoms with Gasteiger partial charge in [0.15, 0.2) is 0 Å². The molecule has 3 N–H and O–H groups in total. The molecular formula is C13H19ClN2O. The number of nitrogens with two attached hydrogens (primary N) is 1. The summed E-state index contributed by atoms with van der Waals surface area (Å²) < 4.78 is 0. The van der Waals surface area contributed by atoms with E-state index < -0.39 is 0 Å². The maximum absolute atomic E-state index is 11.5. The number of amides is 1. The molecule has 0 saturated heterocycles. The molecular weight excluding hydrogens is 236 g/mol. The van der Waals surface area contributed by atoms with Gasteiger partial charge in [0.05, 0.1) is 0 Å².